The first-order valence-corrected chi connectivity index (χ1v) is 5.70. The second-order valence-electron chi connectivity index (χ2n) is 4.87. The van der Waals surface area contributed by atoms with Gasteiger partial charge in [0.1, 0.15) is 11.4 Å². The van der Waals surface area contributed by atoms with E-state index in [2.05, 4.69) is 4.99 Å². The van der Waals surface area contributed by atoms with Gasteiger partial charge in [0.2, 0.25) is 0 Å². The number of amides is 2. The van der Waals surface area contributed by atoms with E-state index in [-0.39, 0.29) is 28.3 Å². The van der Waals surface area contributed by atoms with E-state index in [0.29, 0.717) is 6.42 Å². The molecule has 0 aromatic rings. The van der Waals surface area contributed by atoms with E-state index in [1.807, 2.05) is 27.7 Å². The number of nitrogens with zero attached hydrogens (tertiary/aromatic N) is 2. The number of aliphatic imine (C=N–C) groups is 1. The molecule has 0 aliphatic carbocycles. The highest BCUT2D eigenvalue weighted by atomic mass is 16.5. The third-order valence-electron chi connectivity index (χ3n) is 2.20. The first-order chi connectivity index (χ1) is 7.82. The SMILES string of the molecule is CC(C)C=C1N=C(CC(C)C)C(=O)N(O)C1=O. The minimum atomic E-state index is -0.754. The standard InChI is InChI=1S/C12H18N2O3/c1-7(2)5-9-11(15)14(17)12(16)10(13-9)6-8(3)4/h5,7-8,17H,6H2,1-4H3. The molecule has 0 spiro atoms. The van der Waals surface area contributed by atoms with Gasteiger partial charge in [0.15, 0.2) is 0 Å². The third kappa shape index (κ3) is 3.23. The average molecular weight is 238 g/mol. The fraction of sp³-hybridized carbons (Fsp3) is 0.583. The third-order valence-corrected chi connectivity index (χ3v) is 2.20. The number of imide groups is 1. The number of hydrogen-bond donors (Lipinski definition) is 1. The molecule has 1 heterocycles. The van der Waals surface area contributed by atoms with Gasteiger partial charge in [-0.3, -0.25) is 14.8 Å². The topological polar surface area (TPSA) is 70.0 Å². The molecule has 5 heteroatoms. The van der Waals surface area contributed by atoms with Crippen LogP contribution in [-0.4, -0.2) is 27.8 Å². The molecular formula is C12H18N2O3. The molecule has 2 amide bonds. The molecule has 94 valence electrons. The van der Waals surface area contributed by atoms with Crippen LogP contribution in [0, 0.1) is 11.8 Å². The van der Waals surface area contributed by atoms with Crippen LogP contribution in [0.3, 0.4) is 0 Å². The van der Waals surface area contributed by atoms with Gasteiger partial charge in [-0.15, -0.1) is 5.06 Å². The molecular weight excluding hydrogens is 220 g/mol. The number of hydroxylamine groups is 2. The quantitative estimate of drug-likeness (QED) is 0.463. The maximum Gasteiger partial charge on any atom is 0.303 e. The Morgan fingerprint density at radius 3 is 2.29 bits per heavy atom. The van der Waals surface area contributed by atoms with Crippen molar-refractivity contribution in [2.45, 2.75) is 34.1 Å². The maximum atomic E-state index is 11.6. The number of carbonyl (C=O) groups is 2. The molecule has 0 atom stereocenters. The lowest BCUT2D eigenvalue weighted by Gasteiger charge is -2.21. The molecule has 1 aliphatic heterocycles. The normalized spacial score (nSPS) is 19.6. The highest BCUT2D eigenvalue weighted by molar-refractivity contribution is 6.43. The lowest BCUT2D eigenvalue weighted by Crippen LogP contribution is -2.43. The van der Waals surface area contributed by atoms with E-state index in [9.17, 15) is 14.8 Å². The molecule has 17 heavy (non-hydrogen) atoms. The van der Waals surface area contributed by atoms with E-state index in [0.717, 1.165) is 0 Å². The summed E-state index contributed by atoms with van der Waals surface area (Å²) in [6, 6.07) is 0. The van der Waals surface area contributed by atoms with Crippen molar-refractivity contribution in [1.29, 1.82) is 0 Å². The molecule has 0 fully saturated rings. The van der Waals surface area contributed by atoms with Gasteiger partial charge in [-0.25, -0.2) is 4.99 Å². The predicted octanol–water partition coefficient (Wildman–Crippen LogP) is 1.77. The van der Waals surface area contributed by atoms with Crippen molar-refractivity contribution in [2.75, 3.05) is 0 Å². The highest BCUT2D eigenvalue weighted by Gasteiger charge is 2.32. The van der Waals surface area contributed by atoms with Gasteiger partial charge >= 0.3 is 5.91 Å². The molecule has 0 saturated carbocycles. The minimum Gasteiger partial charge on any atom is -0.278 e. The zero-order valence-electron chi connectivity index (χ0n) is 10.6. The Morgan fingerprint density at radius 1 is 1.24 bits per heavy atom. The number of allylic oxidation sites excluding steroid dienone is 1. The van der Waals surface area contributed by atoms with Crippen LogP contribution >= 0.6 is 0 Å². The van der Waals surface area contributed by atoms with Crippen LogP contribution in [0.1, 0.15) is 34.1 Å². The minimum absolute atomic E-state index is 0.125. The molecule has 0 radical (unpaired) electrons. The summed E-state index contributed by atoms with van der Waals surface area (Å²) >= 11 is 0. The summed E-state index contributed by atoms with van der Waals surface area (Å²) in [7, 11) is 0. The van der Waals surface area contributed by atoms with Gasteiger partial charge in [0, 0.05) is 0 Å². The van der Waals surface area contributed by atoms with Crippen molar-refractivity contribution >= 4 is 17.5 Å². The first-order valence-electron chi connectivity index (χ1n) is 5.70. The van der Waals surface area contributed by atoms with Gasteiger partial charge in [-0.1, -0.05) is 33.8 Å². The summed E-state index contributed by atoms with van der Waals surface area (Å²) < 4.78 is 0. The number of carbonyl (C=O) groups excluding carboxylic acids is 2. The lowest BCUT2D eigenvalue weighted by atomic mass is 10.0. The fourth-order valence-electron chi connectivity index (χ4n) is 1.51. The smallest absolute Gasteiger partial charge is 0.278 e. The van der Waals surface area contributed by atoms with Gasteiger partial charge < -0.3 is 0 Å². The zero-order valence-corrected chi connectivity index (χ0v) is 10.6. The number of hydrogen-bond acceptors (Lipinski definition) is 4. The van der Waals surface area contributed by atoms with Crippen LogP contribution in [-0.2, 0) is 9.59 Å². The van der Waals surface area contributed by atoms with Crippen molar-refractivity contribution in [3.63, 3.8) is 0 Å². The average Bonchev–Trinajstić information content (AvgIpc) is 2.20. The summed E-state index contributed by atoms with van der Waals surface area (Å²) in [4.78, 5) is 27.2. The highest BCUT2D eigenvalue weighted by Crippen LogP contribution is 2.16. The zero-order chi connectivity index (χ0) is 13.2. The Labute approximate surface area is 101 Å². The van der Waals surface area contributed by atoms with E-state index < -0.39 is 11.8 Å². The van der Waals surface area contributed by atoms with Gasteiger partial charge in [0.05, 0.1) is 0 Å². The van der Waals surface area contributed by atoms with Crippen molar-refractivity contribution < 1.29 is 14.8 Å². The van der Waals surface area contributed by atoms with Crippen LogP contribution in [0.15, 0.2) is 16.8 Å². The molecule has 1 N–H and O–H groups in total. The molecule has 1 aliphatic rings. The molecule has 0 unspecified atom stereocenters. The second kappa shape index (κ2) is 5.23. The summed E-state index contributed by atoms with van der Waals surface area (Å²) in [5.74, 6) is -1.11. The van der Waals surface area contributed by atoms with Gasteiger partial charge in [-0.05, 0) is 18.3 Å². The van der Waals surface area contributed by atoms with Gasteiger partial charge in [0.25, 0.3) is 5.91 Å². The predicted molar refractivity (Wildman–Crippen MR) is 63.5 cm³/mol. The van der Waals surface area contributed by atoms with Crippen LogP contribution in [0.25, 0.3) is 0 Å². The first kappa shape index (κ1) is 13.6. The Bertz CT molecular complexity index is 395. The monoisotopic (exact) mass is 238 g/mol. The molecule has 5 nitrogen and oxygen atoms in total. The van der Waals surface area contributed by atoms with Crippen LogP contribution in [0.4, 0.5) is 0 Å². The Kier molecular flexibility index (Phi) is 4.17. The fourth-order valence-corrected chi connectivity index (χ4v) is 1.51. The van der Waals surface area contributed by atoms with Gasteiger partial charge in [-0.2, -0.15) is 0 Å². The second-order valence-corrected chi connectivity index (χ2v) is 4.87. The van der Waals surface area contributed by atoms with Crippen LogP contribution < -0.4 is 0 Å². The summed E-state index contributed by atoms with van der Waals surface area (Å²) in [6.07, 6.45) is 2.08. The Balaban J connectivity index is 3.11. The molecule has 0 aromatic heterocycles. The molecule has 1 rings (SSSR count). The van der Waals surface area contributed by atoms with Crippen molar-refractivity contribution in [2.24, 2.45) is 16.8 Å². The lowest BCUT2D eigenvalue weighted by molar-refractivity contribution is -0.172. The van der Waals surface area contributed by atoms with E-state index in [1.165, 1.54) is 0 Å². The Hall–Kier alpha value is -1.49. The summed E-state index contributed by atoms with van der Waals surface area (Å²) in [6.45, 7) is 7.69. The maximum absolute atomic E-state index is 11.6. The van der Waals surface area contributed by atoms with Crippen molar-refractivity contribution in [3.05, 3.63) is 11.8 Å². The van der Waals surface area contributed by atoms with E-state index in [4.69, 9.17) is 0 Å². The number of rotatable bonds is 3. The van der Waals surface area contributed by atoms with E-state index >= 15 is 0 Å². The molecule has 0 aromatic carbocycles. The van der Waals surface area contributed by atoms with Crippen molar-refractivity contribution in [3.8, 4) is 0 Å². The molecule has 0 saturated heterocycles. The van der Waals surface area contributed by atoms with Crippen molar-refractivity contribution in [1.82, 2.24) is 5.06 Å². The molecule has 0 bridgehead atoms. The van der Waals surface area contributed by atoms with Crippen LogP contribution in [0.5, 0.6) is 0 Å². The largest absolute Gasteiger partial charge is 0.303 e. The van der Waals surface area contributed by atoms with Crippen LogP contribution in [0.2, 0.25) is 0 Å². The summed E-state index contributed by atoms with van der Waals surface area (Å²) in [5.41, 5.74) is 0.367. The summed E-state index contributed by atoms with van der Waals surface area (Å²) in [5, 5.41) is 9.58. The van der Waals surface area contributed by atoms with E-state index in [1.54, 1.807) is 6.08 Å². The Morgan fingerprint density at radius 2 is 1.82 bits per heavy atom.